The van der Waals surface area contributed by atoms with E-state index in [2.05, 4.69) is 46.6 Å². The van der Waals surface area contributed by atoms with Gasteiger partial charge in [0.2, 0.25) is 0 Å². The van der Waals surface area contributed by atoms with Gasteiger partial charge in [-0.2, -0.15) is 0 Å². The van der Waals surface area contributed by atoms with E-state index < -0.39 is 0 Å². The zero-order valence-electron chi connectivity index (χ0n) is 16.7. The molecule has 0 aromatic heterocycles. The van der Waals surface area contributed by atoms with Crippen LogP contribution in [0.4, 0.5) is 0 Å². The van der Waals surface area contributed by atoms with Gasteiger partial charge in [-0.05, 0) is 52.9 Å². The number of amides is 1. The van der Waals surface area contributed by atoms with E-state index in [-0.39, 0.29) is 5.91 Å². The number of rotatable bonds is 6. The summed E-state index contributed by atoms with van der Waals surface area (Å²) in [5.41, 5.74) is 5.85. The SMILES string of the molecule is COc1ccc(CNC(=O)c2ccc(CN3CCc4ccccc4C3)cc2)cc1. The van der Waals surface area contributed by atoms with Crippen LogP contribution >= 0.6 is 0 Å². The first-order valence-electron chi connectivity index (χ1n) is 10.0. The number of ether oxygens (including phenoxy) is 1. The van der Waals surface area contributed by atoms with Crippen LogP contribution in [0.25, 0.3) is 0 Å². The molecule has 29 heavy (non-hydrogen) atoms. The van der Waals surface area contributed by atoms with Crippen molar-refractivity contribution in [1.29, 1.82) is 0 Å². The van der Waals surface area contributed by atoms with Crippen LogP contribution in [0.3, 0.4) is 0 Å². The third-order valence-corrected chi connectivity index (χ3v) is 5.44. The summed E-state index contributed by atoms with van der Waals surface area (Å²) in [5, 5.41) is 2.97. The summed E-state index contributed by atoms with van der Waals surface area (Å²) in [6.45, 7) is 3.46. The second kappa shape index (κ2) is 8.93. The molecule has 148 valence electrons. The molecule has 3 aromatic carbocycles. The van der Waals surface area contributed by atoms with Crippen molar-refractivity contribution in [2.24, 2.45) is 0 Å². The highest BCUT2D eigenvalue weighted by molar-refractivity contribution is 5.94. The zero-order chi connectivity index (χ0) is 20.1. The minimum Gasteiger partial charge on any atom is -0.497 e. The molecule has 0 bridgehead atoms. The molecule has 1 N–H and O–H groups in total. The van der Waals surface area contributed by atoms with E-state index in [4.69, 9.17) is 4.74 Å². The molecule has 1 aliphatic rings. The second-order valence-electron chi connectivity index (χ2n) is 7.46. The van der Waals surface area contributed by atoms with Crippen molar-refractivity contribution in [1.82, 2.24) is 10.2 Å². The minimum absolute atomic E-state index is 0.0562. The largest absolute Gasteiger partial charge is 0.497 e. The normalized spacial score (nSPS) is 13.6. The molecule has 3 aromatic rings. The lowest BCUT2D eigenvalue weighted by Crippen LogP contribution is -2.30. The van der Waals surface area contributed by atoms with E-state index in [0.717, 1.165) is 37.4 Å². The van der Waals surface area contributed by atoms with Crippen LogP contribution < -0.4 is 10.1 Å². The molecule has 0 unspecified atom stereocenters. The molecular weight excluding hydrogens is 360 g/mol. The van der Waals surface area contributed by atoms with E-state index in [1.807, 2.05) is 36.4 Å². The summed E-state index contributed by atoms with van der Waals surface area (Å²) >= 11 is 0. The average Bonchev–Trinajstić information content (AvgIpc) is 2.78. The molecule has 4 rings (SSSR count). The van der Waals surface area contributed by atoms with Crippen LogP contribution in [0.15, 0.2) is 72.8 Å². The van der Waals surface area contributed by atoms with E-state index in [0.29, 0.717) is 12.1 Å². The van der Waals surface area contributed by atoms with Crippen molar-refractivity contribution in [3.8, 4) is 5.75 Å². The molecular formula is C25H26N2O2. The molecule has 0 atom stereocenters. The maximum atomic E-state index is 12.4. The van der Waals surface area contributed by atoms with Crippen LogP contribution in [0.5, 0.6) is 5.75 Å². The number of methoxy groups -OCH3 is 1. The van der Waals surface area contributed by atoms with Crippen molar-refractivity contribution < 1.29 is 9.53 Å². The van der Waals surface area contributed by atoms with Gasteiger partial charge in [0, 0.05) is 31.7 Å². The molecule has 1 amide bonds. The Bertz CT molecular complexity index is 965. The average molecular weight is 386 g/mol. The fourth-order valence-corrected chi connectivity index (χ4v) is 3.74. The van der Waals surface area contributed by atoms with Crippen molar-refractivity contribution in [3.63, 3.8) is 0 Å². The van der Waals surface area contributed by atoms with Gasteiger partial charge in [0.1, 0.15) is 5.75 Å². The predicted molar refractivity (Wildman–Crippen MR) is 115 cm³/mol. The van der Waals surface area contributed by atoms with Crippen LogP contribution in [0, 0.1) is 0 Å². The topological polar surface area (TPSA) is 41.6 Å². The van der Waals surface area contributed by atoms with Gasteiger partial charge in [0.25, 0.3) is 5.91 Å². The highest BCUT2D eigenvalue weighted by Crippen LogP contribution is 2.20. The number of fused-ring (bicyclic) bond motifs is 1. The lowest BCUT2D eigenvalue weighted by atomic mass is 9.99. The first-order valence-corrected chi connectivity index (χ1v) is 10.0. The number of carbonyl (C=O) groups is 1. The van der Waals surface area contributed by atoms with E-state index >= 15 is 0 Å². The lowest BCUT2D eigenvalue weighted by Gasteiger charge is -2.28. The van der Waals surface area contributed by atoms with Crippen molar-refractivity contribution in [3.05, 3.63) is 101 Å². The first kappa shape index (κ1) is 19.2. The fourth-order valence-electron chi connectivity index (χ4n) is 3.74. The number of carbonyl (C=O) groups excluding carboxylic acids is 1. The minimum atomic E-state index is -0.0562. The number of nitrogens with one attached hydrogen (secondary N) is 1. The smallest absolute Gasteiger partial charge is 0.251 e. The van der Waals surface area contributed by atoms with Gasteiger partial charge in [-0.1, -0.05) is 48.5 Å². The Morgan fingerprint density at radius 2 is 1.62 bits per heavy atom. The monoisotopic (exact) mass is 386 g/mol. The highest BCUT2D eigenvalue weighted by Gasteiger charge is 2.16. The summed E-state index contributed by atoms with van der Waals surface area (Å²) in [6, 6.07) is 24.3. The Hall–Kier alpha value is -3.11. The number of benzene rings is 3. The van der Waals surface area contributed by atoms with Gasteiger partial charge in [0.05, 0.1) is 7.11 Å². The summed E-state index contributed by atoms with van der Waals surface area (Å²) < 4.78 is 5.16. The molecule has 4 nitrogen and oxygen atoms in total. The molecule has 1 heterocycles. The zero-order valence-corrected chi connectivity index (χ0v) is 16.7. The van der Waals surface area contributed by atoms with E-state index in [1.165, 1.54) is 16.7 Å². The maximum Gasteiger partial charge on any atom is 0.251 e. The summed E-state index contributed by atoms with van der Waals surface area (Å²) in [6.07, 6.45) is 1.10. The van der Waals surface area contributed by atoms with Crippen LogP contribution in [0.1, 0.15) is 32.6 Å². The van der Waals surface area contributed by atoms with Crippen molar-refractivity contribution >= 4 is 5.91 Å². The third kappa shape index (κ3) is 4.84. The number of nitrogens with zero attached hydrogens (tertiary/aromatic N) is 1. The van der Waals surface area contributed by atoms with Gasteiger partial charge in [-0.15, -0.1) is 0 Å². The molecule has 0 saturated carbocycles. The Balaban J connectivity index is 1.31. The highest BCUT2D eigenvalue weighted by atomic mass is 16.5. The van der Waals surface area contributed by atoms with Crippen LogP contribution in [0.2, 0.25) is 0 Å². The lowest BCUT2D eigenvalue weighted by molar-refractivity contribution is 0.0951. The quantitative estimate of drug-likeness (QED) is 0.691. The van der Waals surface area contributed by atoms with Gasteiger partial charge in [-0.25, -0.2) is 0 Å². The molecule has 0 radical (unpaired) electrons. The third-order valence-electron chi connectivity index (χ3n) is 5.44. The fraction of sp³-hybridized carbons (Fsp3) is 0.240. The van der Waals surface area contributed by atoms with Gasteiger partial charge < -0.3 is 10.1 Å². The molecule has 0 aliphatic carbocycles. The van der Waals surface area contributed by atoms with Crippen LogP contribution in [-0.4, -0.2) is 24.5 Å². The Morgan fingerprint density at radius 1 is 0.931 bits per heavy atom. The Labute approximate surface area is 172 Å². The van der Waals surface area contributed by atoms with Gasteiger partial charge in [-0.3, -0.25) is 9.69 Å². The van der Waals surface area contributed by atoms with Crippen molar-refractivity contribution in [2.75, 3.05) is 13.7 Å². The summed E-state index contributed by atoms with van der Waals surface area (Å²) in [4.78, 5) is 14.9. The van der Waals surface area contributed by atoms with Crippen molar-refractivity contribution in [2.45, 2.75) is 26.1 Å². The molecule has 0 spiro atoms. The summed E-state index contributed by atoms with van der Waals surface area (Å²) in [5.74, 6) is 0.757. The molecule has 0 fully saturated rings. The van der Waals surface area contributed by atoms with Gasteiger partial charge >= 0.3 is 0 Å². The molecule has 1 aliphatic heterocycles. The predicted octanol–water partition coefficient (Wildman–Crippen LogP) is 4.18. The molecule has 0 saturated heterocycles. The van der Waals surface area contributed by atoms with Crippen LogP contribution in [-0.2, 0) is 26.1 Å². The second-order valence-corrected chi connectivity index (χ2v) is 7.46. The van der Waals surface area contributed by atoms with E-state index in [1.54, 1.807) is 7.11 Å². The Kier molecular flexibility index (Phi) is 5.92. The van der Waals surface area contributed by atoms with E-state index in [9.17, 15) is 4.79 Å². The first-order chi connectivity index (χ1) is 14.2. The summed E-state index contributed by atoms with van der Waals surface area (Å²) in [7, 11) is 1.64. The number of hydrogen-bond acceptors (Lipinski definition) is 3. The number of hydrogen-bond donors (Lipinski definition) is 1. The standard InChI is InChI=1S/C25H26N2O2/c1-29-24-12-8-19(9-13-24)16-26-25(28)22-10-6-20(7-11-22)17-27-15-14-21-4-2-3-5-23(21)18-27/h2-13H,14-18H2,1H3,(H,26,28). The Morgan fingerprint density at radius 3 is 2.34 bits per heavy atom. The molecule has 4 heteroatoms. The van der Waals surface area contributed by atoms with Gasteiger partial charge in [0.15, 0.2) is 0 Å². The maximum absolute atomic E-state index is 12.4.